The van der Waals surface area contributed by atoms with Crippen LogP contribution in [0.1, 0.15) is 0 Å². The molecule has 0 aliphatic carbocycles. The molecule has 19 heavy (non-hydrogen) atoms. The summed E-state index contributed by atoms with van der Waals surface area (Å²) < 4.78 is 51.7. The normalized spacial score (nSPS) is 14.0. The maximum atomic E-state index is 12.1. The number of halogens is 3. The second-order valence-electron chi connectivity index (χ2n) is 4.26. The highest BCUT2D eigenvalue weighted by atomic mass is 32.2. The monoisotopic (exact) mass is 296 g/mol. The Balaban J connectivity index is 2.77. The number of hydrogen-bond acceptors (Lipinski definition) is 4. The molecule has 0 spiro atoms. The van der Waals surface area contributed by atoms with Crippen LogP contribution in [0.15, 0.2) is 28.6 Å². The largest absolute Gasteiger partial charge is 0.416 e. The molecule has 1 aromatic carbocycles. The van der Waals surface area contributed by atoms with Gasteiger partial charge in [-0.1, -0.05) is 6.07 Å². The van der Waals surface area contributed by atoms with E-state index in [2.05, 4.69) is 9.68 Å². The van der Waals surface area contributed by atoms with Gasteiger partial charge in [-0.15, -0.1) is 0 Å². The van der Waals surface area contributed by atoms with Crippen LogP contribution in [0, 0.1) is 0 Å². The summed E-state index contributed by atoms with van der Waals surface area (Å²) in [6.07, 6.45) is -4.17. The van der Waals surface area contributed by atoms with Gasteiger partial charge in [0.15, 0.2) is 6.10 Å². The summed E-state index contributed by atoms with van der Waals surface area (Å²) in [6.45, 7) is -0.652. The number of hydrogen-bond donors (Lipinski definition) is 2. The molecule has 8 heteroatoms. The summed E-state index contributed by atoms with van der Waals surface area (Å²) >= 11 is 0. The van der Waals surface area contributed by atoms with E-state index in [1.54, 1.807) is 12.1 Å². The highest BCUT2D eigenvalue weighted by molar-refractivity contribution is 7.92. The first-order valence-electron chi connectivity index (χ1n) is 5.34. The maximum Gasteiger partial charge on any atom is 0.416 e. The Hall–Kier alpha value is -1.28. The van der Waals surface area contributed by atoms with Gasteiger partial charge in [-0.05, 0) is 18.2 Å². The minimum atomic E-state index is -4.66. The smallest absolute Gasteiger partial charge is 0.382 e. The fourth-order valence-corrected chi connectivity index (χ4v) is 1.88. The zero-order valence-electron chi connectivity index (χ0n) is 10.4. The topological polar surface area (TPSA) is 61.7 Å². The Labute approximate surface area is 109 Å². The predicted molar refractivity (Wildman–Crippen MR) is 69.1 cm³/mol. The van der Waals surface area contributed by atoms with Crippen LogP contribution in [0.5, 0.6) is 0 Å². The molecule has 1 atom stereocenters. The van der Waals surface area contributed by atoms with Gasteiger partial charge >= 0.3 is 6.18 Å². The van der Waals surface area contributed by atoms with Crippen LogP contribution in [-0.4, -0.2) is 40.7 Å². The lowest BCUT2D eigenvalue weighted by Gasteiger charge is -2.15. The van der Waals surface area contributed by atoms with Crippen molar-refractivity contribution in [2.24, 2.45) is 4.36 Å². The molecular formula is C11H15F3N2O2S. The third-order valence-corrected chi connectivity index (χ3v) is 2.70. The number of aliphatic hydroxyl groups excluding tert-OH is 1. The summed E-state index contributed by atoms with van der Waals surface area (Å²) in [6, 6.07) is 6.18. The Bertz CT molecular complexity index is 543. The summed E-state index contributed by atoms with van der Waals surface area (Å²) in [5.41, 5.74) is 0.773. The van der Waals surface area contributed by atoms with Crippen molar-refractivity contribution in [3.8, 4) is 0 Å². The van der Waals surface area contributed by atoms with Crippen LogP contribution in [0.2, 0.25) is 0 Å². The third-order valence-electron chi connectivity index (χ3n) is 2.05. The van der Waals surface area contributed by atoms with E-state index in [0.717, 1.165) is 0 Å². The Morgan fingerprint density at radius 3 is 2.58 bits per heavy atom. The number of alkyl halides is 3. The van der Waals surface area contributed by atoms with Crippen molar-refractivity contribution in [3.63, 3.8) is 0 Å². The fraction of sp³-hybridized carbons (Fsp3) is 0.455. The Kier molecular flexibility index (Phi) is 4.81. The molecule has 0 saturated heterocycles. The van der Waals surface area contributed by atoms with Crippen LogP contribution in [0.4, 0.5) is 24.5 Å². The molecule has 0 unspecified atom stereocenters. The fourth-order valence-electron chi connectivity index (χ4n) is 1.26. The van der Waals surface area contributed by atoms with E-state index in [0.29, 0.717) is 11.4 Å². The van der Waals surface area contributed by atoms with Gasteiger partial charge in [-0.25, -0.2) is 4.21 Å². The van der Waals surface area contributed by atoms with E-state index in [1.807, 2.05) is 0 Å². The highest BCUT2D eigenvalue weighted by Crippen LogP contribution is 2.22. The lowest BCUT2D eigenvalue weighted by molar-refractivity contribution is -0.198. The van der Waals surface area contributed by atoms with E-state index in [1.165, 1.54) is 24.6 Å². The predicted octanol–water partition coefficient (Wildman–Crippen LogP) is 2.38. The van der Waals surface area contributed by atoms with Crippen LogP contribution in [-0.2, 0) is 9.73 Å². The molecule has 0 aliphatic rings. The molecule has 0 saturated carbocycles. The van der Waals surface area contributed by atoms with Crippen LogP contribution in [0.25, 0.3) is 0 Å². The van der Waals surface area contributed by atoms with Crippen molar-refractivity contribution < 1.29 is 22.5 Å². The molecule has 0 fully saturated rings. The SMILES string of the molecule is CS(C)(=O)=Nc1cccc(NC[C@@H](O)C(F)(F)F)c1. The van der Waals surface area contributed by atoms with Gasteiger partial charge in [0.05, 0.1) is 5.69 Å². The van der Waals surface area contributed by atoms with Gasteiger partial charge in [0.2, 0.25) is 0 Å². The van der Waals surface area contributed by atoms with E-state index < -0.39 is 28.6 Å². The van der Waals surface area contributed by atoms with E-state index >= 15 is 0 Å². The first-order chi connectivity index (χ1) is 8.58. The van der Waals surface area contributed by atoms with Gasteiger partial charge in [0.1, 0.15) is 0 Å². The molecule has 108 valence electrons. The van der Waals surface area contributed by atoms with Crippen molar-refractivity contribution in [3.05, 3.63) is 24.3 Å². The summed E-state index contributed by atoms with van der Waals surface area (Å²) in [4.78, 5) is 0. The Morgan fingerprint density at radius 1 is 1.42 bits per heavy atom. The first kappa shape index (κ1) is 15.8. The van der Waals surface area contributed by atoms with Crippen molar-refractivity contribution in [1.82, 2.24) is 0 Å². The lowest BCUT2D eigenvalue weighted by atomic mass is 10.2. The third kappa shape index (κ3) is 5.93. The van der Waals surface area contributed by atoms with Crippen molar-refractivity contribution in [2.75, 3.05) is 24.4 Å². The molecule has 0 aliphatic heterocycles. The zero-order valence-corrected chi connectivity index (χ0v) is 11.3. The molecule has 1 aromatic rings. The average Bonchev–Trinajstić information content (AvgIpc) is 2.22. The molecule has 0 amide bonds. The van der Waals surface area contributed by atoms with Gasteiger partial charge in [0, 0.05) is 34.5 Å². The van der Waals surface area contributed by atoms with E-state index in [-0.39, 0.29) is 0 Å². The number of aliphatic hydroxyl groups is 1. The standard InChI is InChI=1S/C11H15F3N2O2S/c1-19(2,18)16-9-5-3-4-8(6-9)15-7-10(17)11(12,13)14/h3-6,10,15,17H,7H2,1-2H3/t10-/m1/s1. The van der Waals surface area contributed by atoms with Crippen molar-refractivity contribution in [2.45, 2.75) is 12.3 Å². The highest BCUT2D eigenvalue weighted by Gasteiger charge is 2.37. The number of rotatable bonds is 4. The first-order valence-corrected chi connectivity index (χ1v) is 7.67. The molecule has 2 N–H and O–H groups in total. The van der Waals surface area contributed by atoms with E-state index in [9.17, 15) is 17.4 Å². The second kappa shape index (κ2) is 5.79. The minimum absolute atomic E-state index is 0.369. The lowest BCUT2D eigenvalue weighted by Crippen LogP contribution is -2.34. The minimum Gasteiger partial charge on any atom is -0.382 e. The van der Waals surface area contributed by atoms with Crippen molar-refractivity contribution >= 4 is 21.1 Å². The molecule has 0 heterocycles. The van der Waals surface area contributed by atoms with Gasteiger partial charge in [-0.2, -0.15) is 17.5 Å². The second-order valence-corrected chi connectivity index (χ2v) is 6.81. The maximum absolute atomic E-state index is 12.1. The molecule has 0 aromatic heterocycles. The summed E-state index contributed by atoms with van der Waals surface area (Å²) in [5, 5.41) is 11.3. The van der Waals surface area contributed by atoms with Crippen molar-refractivity contribution in [1.29, 1.82) is 0 Å². The van der Waals surface area contributed by atoms with E-state index in [4.69, 9.17) is 5.11 Å². The number of nitrogens with zero attached hydrogens (tertiary/aromatic N) is 1. The molecule has 4 nitrogen and oxygen atoms in total. The summed E-state index contributed by atoms with van der Waals surface area (Å²) in [7, 11) is -2.33. The van der Waals surface area contributed by atoms with Gasteiger partial charge in [-0.3, -0.25) is 0 Å². The number of anilines is 1. The van der Waals surface area contributed by atoms with Gasteiger partial charge in [0.25, 0.3) is 0 Å². The number of benzene rings is 1. The molecule has 0 radical (unpaired) electrons. The van der Waals surface area contributed by atoms with Gasteiger partial charge < -0.3 is 10.4 Å². The van der Waals surface area contributed by atoms with Crippen LogP contribution in [0.3, 0.4) is 0 Å². The Morgan fingerprint density at radius 2 is 2.05 bits per heavy atom. The summed E-state index contributed by atoms with van der Waals surface area (Å²) in [5.74, 6) is 0. The molecule has 1 rings (SSSR count). The van der Waals surface area contributed by atoms with Crippen LogP contribution < -0.4 is 5.32 Å². The average molecular weight is 296 g/mol. The number of nitrogens with one attached hydrogen (secondary N) is 1. The molecule has 0 bridgehead atoms. The van der Waals surface area contributed by atoms with Crippen LogP contribution >= 0.6 is 0 Å². The quantitative estimate of drug-likeness (QED) is 0.896. The molecular weight excluding hydrogens is 281 g/mol. The zero-order chi connectivity index (χ0) is 14.7.